The Kier molecular flexibility index (Phi) is 5.64. The molecule has 1 unspecified atom stereocenters. The standard InChI is InChI=1S/C23H24N6O2/c1-14-5-3-4-6-18(14)23(31)25-11-16-7-9-17(10-8-16)20-19-21(24)26-13-27-22(19)29(28-20)12-15(2)30/h3-10,13,15,30H,11-12H2,1-2H3,(H,25,31)(H2,24,26,27). The van der Waals surface area contributed by atoms with Crippen LogP contribution < -0.4 is 11.1 Å². The Balaban J connectivity index is 1.57. The molecular weight excluding hydrogens is 392 g/mol. The third kappa shape index (κ3) is 4.24. The third-order valence-corrected chi connectivity index (χ3v) is 5.07. The second kappa shape index (κ2) is 8.53. The zero-order chi connectivity index (χ0) is 22.0. The number of rotatable bonds is 6. The number of benzene rings is 2. The van der Waals surface area contributed by atoms with Crippen LogP contribution in [0.15, 0.2) is 54.9 Å². The number of fused-ring (bicyclic) bond motifs is 1. The Morgan fingerprint density at radius 1 is 1.16 bits per heavy atom. The number of nitrogens with one attached hydrogen (secondary N) is 1. The van der Waals surface area contributed by atoms with Crippen LogP contribution in [-0.4, -0.2) is 36.9 Å². The molecule has 31 heavy (non-hydrogen) atoms. The largest absolute Gasteiger partial charge is 0.391 e. The first-order valence-corrected chi connectivity index (χ1v) is 10.0. The van der Waals surface area contributed by atoms with Gasteiger partial charge < -0.3 is 16.2 Å². The van der Waals surface area contributed by atoms with Crippen LogP contribution in [0.3, 0.4) is 0 Å². The molecule has 0 spiro atoms. The molecule has 1 amide bonds. The van der Waals surface area contributed by atoms with E-state index in [1.165, 1.54) is 6.33 Å². The number of nitrogens with zero attached hydrogens (tertiary/aromatic N) is 4. The van der Waals surface area contributed by atoms with Crippen LogP contribution in [0.4, 0.5) is 5.82 Å². The fourth-order valence-electron chi connectivity index (χ4n) is 3.50. The lowest BCUT2D eigenvalue weighted by atomic mass is 10.1. The van der Waals surface area contributed by atoms with Gasteiger partial charge >= 0.3 is 0 Å². The third-order valence-electron chi connectivity index (χ3n) is 5.07. The van der Waals surface area contributed by atoms with Crippen molar-refractivity contribution in [2.75, 3.05) is 5.73 Å². The summed E-state index contributed by atoms with van der Waals surface area (Å²) in [5.74, 6) is 0.237. The van der Waals surface area contributed by atoms with Gasteiger partial charge in [-0.2, -0.15) is 5.10 Å². The highest BCUT2D eigenvalue weighted by Gasteiger charge is 2.18. The van der Waals surface area contributed by atoms with E-state index in [0.29, 0.717) is 41.2 Å². The topological polar surface area (TPSA) is 119 Å². The first kappa shape index (κ1) is 20.5. The van der Waals surface area contributed by atoms with Crippen molar-refractivity contribution in [3.05, 3.63) is 71.5 Å². The Hall–Kier alpha value is -3.78. The summed E-state index contributed by atoms with van der Waals surface area (Å²) in [4.78, 5) is 20.8. The van der Waals surface area contributed by atoms with Gasteiger partial charge in [-0.1, -0.05) is 42.5 Å². The van der Waals surface area contributed by atoms with E-state index >= 15 is 0 Å². The highest BCUT2D eigenvalue weighted by molar-refractivity contribution is 5.98. The molecule has 2 aromatic carbocycles. The van der Waals surface area contributed by atoms with Gasteiger partial charge in [0, 0.05) is 17.7 Å². The maximum absolute atomic E-state index is 12.4. The predicted molar refractivity (Wildman–Crippen MR) is 119 cm³/mol. The predicted octanol–water partition coefficient (Wildman–Crippen LogP) is 2.69. The van der Waals surface area contributed by atoms with E-state index in [0.717, 1.165) is 16.7 Å². The average molecular weight is 416 g/mol. The van der Waals surface area contributed by atoms with E-state index in [9.17, 15) is 9.90 Å². The van der Waals surface area contributed by atoms with Gasteiger partial charge in [0.05, 0.1) is 18.0 Å². The Morgan fingerprint density at radius 3 is 2.61 bits per heavy atom. The van der Waals surface area contributed by atoms with Crippen molar-refractivity contribution >= 4 is 22.8 Å². The number of aliphatic hydroxyl groups excluding tert-OH is 1. The molecule has 1 atom stereocenters. The highest BCUT2D eigenvalue weighted by atomic mass is 16.3. The minimum Gasteiger partial charge on any atom is -0.391 e. The molecule has 0 saturated heterocycles. The normalized spacial score (nSPS) is 12.1. The molecule has 2 aromatic heterocycles. The van der Waals surface area contributed by atoms with Crippen LogP contribution in [-0.2, 0) is 13.1 Å². The summed E-state index contributed by atoms with van der Waals surface area (Å²) in [5, 5.41) is 18.0. The van der Waals surface area contributed by atoms with Gasteiger partial charge in [-0.3, -0.25) is 4.79 Å². The number of carbonyl (C=O) groups excluding carboxylic acids is 1. The van der Waals surface area contributed by atoms with Crippen LogP contribution in [0, 0.1) is 6.92 Å². The number of hydrogen-bond donors (Lipinski definition) is 3. The first-order chi connectivity index (χ1) is 14.9. The van der Waals surface area contributed by atoms with Crippen molar-refractivity contribution in [2.24, 2.45) is 0 Å². The molecule has 8 nitrogen and oxygen atoms in total. The molecule has 0 fully saturated rings. The van der Waals surface area contributed by atoms with Gasteiger partial charge in [-0.15, -0.1) is 0 Å². The van der Waals surface area contributed by atoms with Gasteiger partial charge in [-0.25, -0.2) is 14.6 Å². The number of nitrogens with two attached hydrogens (primary N) is 1. The summed E-state index contributed by atoms with van der Waals surface area (Å²) in [6.45, 7) is 4.32. The minimum atomic E-state index is -0.577. The van der Waals surface area contributed by atoms with Crippen LogP contribution in [0.5, 0.6) is 0 Å². The second-order valence-electron chi connectivity index (χ2n) is 7.53. The Morgan fingerprint density at radius 2 is 1.90 bits per heavy atom. The smallest absolute Gasteiger partial charge is 0.251 e. The monoisotopic (exact) mass is 416 g/mol. The Bertz CT molecular complexity index is 1230. The summed E-state index contributed by atoms with van der Waals surface area (Å²) in [5.41, 5.74) is 10.8. The van der Waals surface area contributed by atoms with Gasteiger partial charge in [0.25, 0.3) is 5.91 Å². The summed E-state index contributed by atoms with van der Waals surface area (Å²) in [6, 6.07) is 15.2. The van der Waals surface area contributed by atoms with Crippen molar-refractivity contribution in [3.63, 3.8) is 0 Å². The van der Waals surface area contributed by atoms with E-state index in [4.69, 9.17) is 5.73 Å². The van der Waals surface area contributed by atoms with E-state index in [2.05, 4.69) is 20.4 Å². The molecule has 0 radical (unpaired) electrons. The van der Waals surface area contributed by atoms with Gasteiger partial charge in [0.1, 0.15) is 17.8 Å². The first-order valence-electron chi connectivity index (χ1n) is 10.0. The van der Waals surface area contributed by atoms with E-state index in [1.807, 2.05) is 55.5 Å². The van der Waals surface area contributed by atoms with Gasteiger partial charge in [-0.05, 0) is 31.0 Å². The van der Waals surface area contributed by atoms with Gasteiger partial charge in [0.2, 0.25) is 0 Å². The molecule has 4 rings (SSSR count). The average Bonchev–Trinajstić information content (AvgIpc) is 3.12. The number of nitrogen functional groups attached to an aromatic ring is 1. The summed E-state index contributed by atoms with van der Waals surface area (Å²) >= 11 is 0. The maximum atomic E-state index is 12.4. The lowest BCUT2D eigenvalue weighted by Gasteiger charge is -2.08. The minimum absolute atomic E-state index is 0.102. The van der Waals surface area contributed by atoms with Crippen molar-refractivity contribution in [2.45, 2.75) is 33.0 Å². The fraction of sp³-hybridized carbons (Fsp3) is 0.217. The molecule has 158 valence electrons. The van der Waals surface area contributed by atoms with E-state index in [-0.39, 0.29) is 5.91 Å². The van der Waals surface area contributed by atoms with Crippen molar-refractivity contribution in [1.29, 1.82) is 0 Å². The van der Waals surface area contributed by atoms with Crippen molar-refractivity contribution < 1.29 is 9.90 Å². The molecule has 0 aliphatic rings. The summed E-state index contributed by atoms with van der Waals surface area (Å²) < 4.78 is 1.64. The molecule has 0 saturated carbocycles. The number of amides is 1. The molecule has 0 bridgehead atoms. The number of aromatic nitrogens is 4. The fourth-order valence-corrected chi connectivity index (χ4v) is 3.50. The number of hydrogen-bond acceptors (Lipinski definition) is 6. The van der Waals surface area contributed by atoms with Crippen LogP contribution in [0.25, 0.3) is 22.3 Å². The van der Waals surface area contributed by atoms with Crippen LogP contribution >= 0.6 is 0 Å². The SMILES string of the molecule is Cc1ccccc1C(=O)NCc1ccc(-c2nn(CC(C)O)c3ncnc(N)c23)cc1. The number of anilines is 1. The van der Waals surface area contributed by atoms with Crippen molar-refractivity contribution in [3.8, 4) is 11.3 Å². The van der Waals surface area contributed by atoms with Crippen molar-refractivity contribution in [1.82, 2.24) is 25.1 Å². The number of aliphatic hydroxyl groups is 1. The van der Waals surface area contributed by atoms with E-state index < -0.39 is 6.10 Å². The second-order valence-corrected chi connectivity index (χ2v) is 7.53. The molecule has 0 aliphatic heterocycles. The van der Waals surface area contributed by atoms with Crippen LogP contribution in [0.1, 0.15) is 28.4 Å². The summed E-state index contributed by atoms with van der Waals surface area (Å²) in [6.07, 6.45) is 0.813. The molecular formula is C23H24N6O2. The quantitative estimate of drug-likeness (QED) is 0.445. The number of carbonyl (C=O) groups is 1. The zero-order valence-corrected chi connectivity index (χ0v) is 17.4. The maximum Gasteiger partial charge on any atom is 0.251 e. The molecule has 2 heterocycles. The lowest BCUT2D eigenvalue weighted by molar-refractivity contribution is 0.0950. The molecule has 4 aromatic rings. The number of aryl methyl sites for hydroxylation is 1. The molecule has 8 heteroatoms. The molecule has 4 N–H and O–H groups in total. The summed E-state index contributed by atoms with van der Waals surface area (Å²) in [7, 11) is 0. The highest BCUT2D eigenvalue weighted by Crippen LogP contribution is 2.30. The van der Waals surface area contributed by atoms with E-state index in [1.54, 1.807) is 11.6 Å². The molecule has 0 aliphatic carbocycles. The lowest BCUT2D eigenvalue weighted by Crippen LogP contribution is -2.23. The van der Waals surface area contributed by atoms with Gasteiger partial charge in [0.15, 0.2) is 5.65 Å². The Labute approximate surface area is 179 Å². The zero-order valence-electron chi connectivity index (χ0n) is 17.4. The van der Waals surface area contributed by atoms with Crippen LogP contribution in [0.2, 0.25) is 0 Å².